The van der Waals surface area contributed by atoms with Crippen LogP contribution in [0, 0.1) is 0 Å². The summed E-state index contributed by atoms with van der Waals surface area (Å²) in [6, 6.07) is 20.2. The first-order chi connectivity index (χ1) is 14.0. The third-order valence-corrected chi connectivity index (χ3v) is 4.15. The van der Waals surface area contributed by atoms with E-state index in [1.54, 1.807) is 18.2 Å². The largest absolute Gasteiger partial charge is 0.478 e. The second kappa shape index (κ2) is 9.43. The van der Waals surface area contributed by atoms with Crippen molar-refractivity contribution >= 4 is 40.9 Å². The van der Waals surface area contributed by atoms with Crippen LogP contribution in [0.15, 0.2) is 79.1 Å². The fourth-order valence-corrected chi connectivity index (χ4v) is 2.63. The molecule has 146 valence electrons. The summed E-state index contributed by atoms with van der Waals surface area (Å²) in [6.45, 7) is 0. The highest BCUT2D eigenvalue weighted by Gasteiger charge is 2.13. The van der Waals surface area contributed by atoms with Crippen LogP contribution in [0.1, 0.15) is 26.3 Å². The number of carbonyl (C=O) groups is 2. The summed E-state index contributed by atoms with van der Waals surface area (Å²) < 4.78 is 0. The molecule has 0 atom stereocenters. The van der Waals surface area contributed by atoms with Crippen molar-refractivity contribution in [3.05, 3.63) is 101 Å². The SMILES string of the molecule is O=C(O)c1ccc(NC(=O)c2cc(Cl)ccc2NO/C=C/c2ccccc2)cc1. The first-order valence-electron chi connectivity index (χ1n) is 8.60. The molecule has 0 radical (unpaired) electrons. The molecular formula is C22H17ClN2O4. The Labute approximate surface area is 172 Å². The maximum absolute atomic E-state index is 12.7. The van der Waals surface area contributed by atoms with E-state index in [9.17, 15) is 9.59 Å². The third kappa shape index (κ3) is 5.60. The van der Waals surface area contributed by atoms with Crippen LogP contribution in [0.25, 0.3) is 6.08 Å². The smallest absolute Gasteiger partial charge is 0.335 e. The van der Waals surface area contributed by atoms with Crippen LogP contribution in [-0.2, 0) is 4.84 Å². The van der Waals surface area contributed by atoms with Crippen LogP contribution in [0.3, 0.4) is 0 Å². The number of benzene rings is 3. The van der Waals surface area contributed by atoms with Crippen LogP contribution < -0.4 is 10.8 Å². The molecule has 0 aliphatic carbocycles. The molecule has 3 aromatic carbocycles. The van der Waals surface area contributed by atoms with E-state index in [0.29, 0.717) is 16.4 Å². The van der Waals surface area contributed by atoms with Crippen LogP contribution in [0.4, 0.5) is 11.4 Å². The number of hydrogen-bond donors (Lipinski definition) is 3. The number of carboxylic acid groups (broad SMARTS) is 1. The summed E-state index contributed by atoms with van der Waals surface area (Å²) in [4.78, 5) is 28.9. The van der Waals surface area contributed by atoms with Gasteiger partial charge in [0.25, 0.3) is 5.91 Å². The number of aromatic carboxylic acids is 1. The Morgan fingerprint density at radius 1 is 0.966 bits per heavy atom. The van der Waals surface area contributed by atoms with Gasteiger partial charge in [0, 0.05) is 10.7 Å². The molecule has 0 fully saturated rings. The fourth-order valence-electron chi connectivity index (χ4n) is 2.46. The fraction of sp³-hybridized carbons (Fsp3) is 0. The van der Waals surface area contributed by atoms with Gasteiger partial charge >= 0.3 is 5.97 Å². The van der Waals surface area contributed by atoms with E-state index in [0.717, 1.165) is 5.56 Å². The number of hydrogen-bond acceptors (Lipinski definition) is 4. The van der Waals surface area contributed by atoms with Gasteiger partial charge in [-0.05, 0) is 54.1 Å². The Morgan fingerprint density at radius 3 is 2.38 bits per heavy atom. The van der Waals surface area contributed by atoms with Gasteiger partial charge < -0.3 is 15.3 Å². The third-order valence-electron chi connectivity index (χ3n) is 3.91. The molecule has 0 saturated carbocycles. The summed E-state index contributed by atoms with van der Waals surface area (Å²) in [7, 11) is 0. The van der Waals surface area contributed by atoms with Crippen molar-refractivity contribution < 1.29 is 19.5 Å². The molecule has 6 nitrogen and oxygen atoms in total. The molecule has 3 rings (SSSR count). The van der Waals surface area contributed by atoms with Gasteiger partial charge in [-0.15, -0.1) is 0 Å². The number of amides is 1. The zero-order valence-corrected chi connectivity index (χ0v) is 15.9. The first kappa shape index (κ1) is 20.0. The molecule has 0 heterocycles. The molecule has 0 bridgehead atoms. The average molecular weight is 409 g/mol. The first-order valence-corrected chi connectivity index (χ1v) is 8.98. The van der Waals surface area contributed by atoms with Crippen molar-refractivity contribution in [3.63, 3.8) is 0 Å². The summed E-state index contributed by atoms with van der Waals surface area (Å²) >= 11 is 6.03. The number of rotatable bonds is 7. The van der Waals surface area contributed by atoms with Crippen LogP contribution in [0.5, 0.6) is 0 Å². The Bertz CT molecular complexity index is 1030. The Morgan fingerprint density at radius 2 is 1.69 bits per heavy atom. The molecular weight excluding hydrogens is 392 g/mol. The number of anilines is 2. The van der Waals surface area contributed by atoms with Crippen molar-refractivity contribution in [2.24, 2.45) is 0 Å². The standard InChI is InChI=1S/C22H17ClN2O4/c23-17-8-11-20(25-29-13-12-15-4-2-1-3-5-15)19(14-17)21(26)24-18-9-6-16(7-10-18)22(27)28/h1-14,25H,(H,24,26)(H,27,28)/b13-12+. The monoisotopic (exact) mass is 408 g/mol. The maximum Gasteiger partial charge on any atom is 0.335 e. The molecule has 3 N–H and O–H groups in total. The Hall–Kier alpha value is -3.77. The lowest BCUT2D eigenvalue weighted by molar-refractivity contribution is 0.0696. The number of carbonyl (C=O) groups excluding carboxylic acids is 1. The van der Waals surface area contributed by atoms with Crippen molar-refractivity contribution in [1.82, 2.24) is 0 Å². The lowest BCUT2D eigenvalue weighted by Crippen LogP contribution is -2.14. The van der Waals surface area contributed by atoms with Crippen LogP contribution in [-0.4, -0.2) is 17.0 Å². The number of nitrogens with one attached hydrogen (secondary N) is 2. The van der Waals surface area contributed by atoms with Crippen LogP contribution >= 0.6 is 11.6 Å². The van der Waals surface area contributed by atoms with Gasteiger partial charge in [-0.1, -0.05) is 41.9 Å². The molecule has 0 unspecified atom stereocenters. The molecule has 0 aliphatic heterocycles. The second-order valence-electron chi connectivity index (χ2n) is 5.96. The zero-order chi connectivity index (χ0) is 20.6. The normalized spacial score (nSPS) is 10.5. The summed E-state index contributed by atoms with van der Waals surface area (Å²) in [5.74, 6) is -1.46. The lowest BCUT2D eigenvalue weighted by atomic mass is 10.1. The van der Waals surface area contributed by atoms with E-state index in [1.165, 1.54) is 36.6 Å². The zero-order valence-electron chi connectivity index (χ0n) is 15.1. The van der Waals surface area contributed by atoms with Gasteiger partial charge in [0.1, 0.15) is 6.26 Å². The molecule has 0 aromatic heterocycles. The van der Waals surface area contributed by atoms with E-state index in [1.807, 2.05) is 30.3 Å². The van der Waals surface area contributed by atoms with Gasteiger partial charge in [-0.2, -0.15) is 0 Å². The lowest BCUT2D eigenvalue weighted by Gasteiger charge is -2.12. The molecule has 1 amide bonds. The average Bonchev–Trinajstić information content (AvgIpc) is 2.73. The molecule has 0 saturated heterocycles. The van der Waals surface area contributed by atoms with Crippen molar-refractivity contribution in [2.75, 3.05) is 10.8 Å². The number of halogens is 1. The van der Waals surface area contributed by atoms with E-state index in [-0.39, 0.29) is 11.1 Å². The Balaban J connectivity index is 1.69. The van der Waals surface area contributed by atoms with E-state index < -0.39 is 11.9 Å². The minimum Gasteiger partial charge on any atom is -0.478 e. The van der Waals surface area contributed by atoms with Gasteiger partial charge in [0.2, 0.25) is 0 Å². The molecule has 0 aliphatic rings. The van der Waals surface area contributed by atoms with Gasteiger partial charge in [-0.25, -0.2) is 10.3 Å². The summed E-state index contributed by atoms with van der Waals surface area (Å²) in [6.07, 6.45) is 3.24. The summed E-state index contributed by atoms with van der Waals surface area (Å²) in [5, 5.41) is 12.0. The van der Waals surface area contributed by atoms with Crippen molar-refractivity contribution in [1.29, 1.82) is 0 Å². The van der Waals surface area contributed by atoms with Gasteiger partial charge in [0.05, 0.1) is 16.8 Å². The van der Waals surface area contributed by atoms with Gasteiger partial charge in [-0.3, -0.25) is 4.79 Å². The van der Waals surface area contributed by atoms with Gasteiger partial charge in [0.15, 0.2) is 0 Å². The predicted molar refractivity (Wildman–Crippen MR) is 113 cm³/mol. The topological polar surface area (TPSA) is 87.7 Å². The molecule has 7 heteroatoms. The molecule has 0 spiro atoms. The minimum atomic E-state index is -1.04. The summed E-state index contributed by atoms with van der Waals surface area (Å²) in [5.41, 5.74) is 4.96. The minimum absolute atomic E-state index is 0.131. The quantitative estimate of drug-likeness (QED) is 0.364. The van der Waals surface area contributed by atoms with Crippen molar-refractivity contribution in [3.8, 4) is 0 Å². The Kier molecular flexibility index (Phi) is 6.50. The highest BCUT2D eigenvalue weighted by molar-refractivity contribution is 6.31. The van der Waals surface area contributed by atoms with Crippen LogP contribution in [0.2, 0.25) is 5.02 Å². The number of carboxylic acids is 1. The van der Waals surface area contributed by atoms with E-state index >= 15 is 0 Å². The highest BCUT2D eigenvalue weighted by Crippen LogP contribution is 2.22. The van der Waals surface area contributed by atoms with E-state index in [2.05, 4.69) is 10.8 Å². The molecule has 3 aromatic rings. The van der Waals surface area contributed by atoms with Crippen molar-refractivity contribution in [2.45, 2.75) is 0 Å². The maximum atomic E-state index is 12.7. The highest BCUT2D eigenvalue weighted by atomic mass is 35.5. The second-order valence-corrected chi connectivity index (χ2v) is 6.40. The predicted octanol–water partition coefficient (Wildman–Crippen LogP) is 5.30. The molecule has 29 heavy (non-hydrogen) atoms. The van der Waals surface area contributed by atoms with E-state index in [4.69, 9.17) is 21.5 Å².